The van der Waals surface area contributed by atoms with Gasteiger partial charge in [0.05, 0.1) is 23.5 Å². The van der Waals surface area contributed by atoms with Gasteiger partial charge < -0.3 is 20.5 Å². The maximum Gasteiger partial charge on any atom is 0.335 e. The van der Waals surface area contributed by atoms with Crippen molar-refractivity contribution in [1.29, 1.82) is 0 Å². The Morgan fingerprint density at radius 1 is 1.12 bits per heavy atom. The monoisotopic (exact) mass is 564 g/mol. The Morgan fingerprint density at radius 3 is 2.86 bits per heavy atom. The Bertz CT molecular complexity index is 1930. The van der Waals surface area contributed by atoms with E-state index in [4.69, 9.17) is 4.74 Å². The number of nitrogens with one attached hydrogen (secondary N) is 2. The quantitative estimate of drug-likeness (QED) is 0.281. The molecule has 42 heavy (non-hydrogen) atoms. The molecule has 1 aliphatic heterocycles. The number of carboxylic acid groups (broad SMARTS) is 1. The van der Waals surface area contributed by atoms with E-state index in [1.807, 2.05) is 22.8 Å². The Labute approximate surface area is 238 Å². The number of rotatable bonds is 6. The maximum atomic E-state index is 13.5. The van der Waals surface area contributed by atoms with Gasteiger partial charge in [-0.15, -0.1) is 10.2 Å². The molecule has 5 aromatic rings. The summed E-state index contributed by atoms with van der Waals surface area (Å²) >= 11 is 0. The number of hydrogen-bond acceptors (Lipinski definition) is 8. The number of benzene rings is 2. The zero-order valence-electron chi connectivity index (χ0n) is 22.4. The molecule has 3 aromatic heterocycles. The number of fused-ring (bicyclic) bond motifs is 5. The van der Waals surface area contributed by atoms with Crippen LogP contribution in [-0.4, -0.2) is 52.3 Å². The number of ether oxygens (including phenoxy) is 1. The van der Waals surface area contributed by atoms with E-state index in [9.17, 15) is 19.5 Å². The Balaban J connectivity index is 1.11. The van der Waals surface area contributed by atoms with Crippen LogP contribution in [0.4, 0.5) is 0 Å². The fourth-order valence-electron chi connectivity index (χ4n) is 5.64. The minimum absolute atomic E-state index is 0.0734. The molecule has 0 saturated carbocycles. The predicted molar refractivity (Wildman–Crippen MR) is 147 cm³/mol. The van der Waals surface area contributed by atoms with Gasteiger partial charge in [0.15, 0.2) is 11.5 Å². The molecule has 0 saturated heterocycles. The van der Waals surface area contributed by atoms with Crippen molar-refractivity contribution < 1.29 is 24.2 Å². The summed E-state index contributed by atoms with van der Waals surface area (Å²) in [5.41, 5.74) is 5.01. The molecule has 0 bridgehead atoms. The van der Waals surface area contributed by atoms with Crippen LogP contribution in [0.15, 0.2) is 55.0 Å². The lowest BCUT2D eigenvalue weighted by atomic mass is 9.98. The molecule has 0 unspecified atom stereocenters. The van der Waals surface area contributed by atoms with E-state index >= 15 is 0 Å². The number of carbonyl (C=O) groups excluding carboxylic acids is 2. The highest BCUT2D eigenvalue weighted by Gasteiger charge is 2.29. The lowest BCUT2D eigenvalue weighted by Gasteiger charge is -2.19. The molecule has 2 aliphatic rings. The summed E-state index contributed by atoms with van der Waals surface area (Å²) in [4.78, 5) is 42.6. The van der Waals surface area contributed by atoms with Crippen molar-refractivity contribution in [3.63, 3.8) is 0 Å². The van der Waals surface area contributed by atoms with Crippen LogP contribution in [0.1, 0.15) is 71.9 Å². The first-order valence-corrected chi connectivity index (χ1v) is 13.3. The summed E-state index contributed by atoms with van der Waals surface area (Å²) in [6.07, 6.45) is 4.42. The van der Waals surface area contributed by atoms with Crippen molar-refractivity contribution >= 4 is 23.4 Å². The second-order valence-corrected chi connectivity index (χ2v) is 10.2. The van der Waals surface area contributed by atoms with E-state index in [0.717, 1.165) is 22.4 Å². The molecule has 0 spiro atoms. The van der Waals surface area contributed by atoms with Crippen LogP contribution < -0.4 is 15.4 Å². The second kappa shape index (κ2) is 9.80. The van der Waals surface area contributed by atoms with Crippen molar-refractivity contribution in [3.8, 4) is 11.4 Å². The van der Waals surface area contributed by atoms with Crippen LogP contribution in [0.25, 0.3) is 11.3 Å². The molecule has 0 radical (unpaired) electrons. The van der Waals surface area contributed by atoms with Gasteiger partial charge in [-0.2, -0.15) is 5.10 Å². The van der Waals surface area contributed by atoms with Crippen LogP contribution in [0, 0.1) is 6.92 Å². The molecular formula is C29H24N8O5. The molecule has 3 N–H and O–H groups in total. The summed E-state index contributed by atoms with van der Waals surface area (Å²) in [7, 11) is 0. The van der Waals surface area contributed by atoms with Gasteiger partial charge in [0.1, 0.15) is 30.1 Å². The topological polar surface area (TPSA) is 166 Å². The Kier molecular flexibility index (Phi) is 5.92. The second-order valence-electron chi connectivity index (χ2n) is 10.2. The zero-order chi connectivity index (χ0) is 29.0. The van der Waals surface area contributed by atoms with Crippen molar-refractivity contribution in [1.82, 2.24) is 40.0 Å². The number of carbonyl (C=O) groups is 3. The van der Waals surface area contributed by atoms with Crippen molar-refractivity contribution in [2.45, 2.75) is 39.0 Å². The van der Waals surface area contributed by atoms with Crippen molar-refractivity contribution in [2.24, 2.45) is 0 Å². The van der Waals surface area contributed by atoms with Crippen molar-refractivity contribution in [2.75, 3.05) is 0 Å². The zero-order valence-corrected chi connectivity index (χ0v) is 22.4. The van der Waals surface area contributed by atoms with Crippen LogP contribution in [0.2, 0.25) is 0 Å². The average Bonchev–Trinajstić information content (AvgIpc) is 3.75. The lowest BCUT2D eigenvalue weighted by Crippen LogP contribution is -2.30. The number of aromatic carboxylic acids is 1. The van der Waals surface area contributed by atoms with E-state index < -0.39 is 17.8 Å². The first-order valence-electron chi connectivity index (χ1n) is 13.3. The van der Waals surface area contributed by atoms with Crippen LogP contribution >= 0.6 is 0 Å². The summed E-state index contributed by atoms with van der Waals surface area (Å²) in [6.45, 7) is 2.34. The highest BCUT2D eigenvalue weighted by molar-refractivity contribution is 5.98. The summed E-state index contributed by atoms with van der Waals surface area (Å²) in [5, 5.41) is 27.6. The minimum atomic E-state index is -0.975. The fraction of sp³-hybridized carbons (Fsp3) is 0.207. The Hall–Kier alpha value is -5.59. The van der Waals surface area contributed by atoms with E-state index in [-0.39, 0.29) is 29.5 Å². The summed E-state index contributed by atoms with van der Waals surface area (Å²) in [5.74, 6) is -0.457. The third kappa shape index (κ3) is 4.22. The third-order valence-corrected chi connectivity index (χ3v) is 7.76. The van der Waals surface area contributed by atoms with Crippen LogP contribution in [-0.2, 0) is 19.6 Å². The lowest BCUT2D eigenvalue weighted by molar-refractivity contribution is 0.0695. The number of carboxylic acids is 1. The van der Waals surface area contributed by atoms with E-state index in [1.54, 1.807) is 31.5 Å². The van der Waals surface area contributed by atoms with E-state index in [2.05, 4.69) is 30.9 Å². The van der Waals surface area contributed by atoms with Gasteiger partial charge in [-0.1, -0.05) is 12.1 Å². The van der Waals surface area contributed by atoms with Gasteiger partial charge in [0.2, 0.25) is 0 Å². The highest BCUT2D eigenvalue weighted by atomic mass is 16.5. The number of hydrogen-bond donors (Lipinski definition) is 3. The molecule has 210 valence electrons. The number of nitrogens with zero attached hydrogens (tertiary/aromatic N) is 6. The largest absolute Gasteiger partial charge is 0.483 e. The van der Waals surface area contributed by atoms with Gasteiger partial charge in [-0.25, -0.2) is 14.3 Å². The normalized spacial score (nSPS) is 14.9. The maximum absolute atomic E-state index is 13.5. The van der Waals surface area contributed by atoms with E-state index in [0.29, 0.717) is 42.2 Å². The van der Waals surface area contributed by atoms with Crippen molar-refractivity contribution in [3.05, 3.63) is 100 Å². The van der Waals surface area contributed by atoms with Gasteiger partial charge in [-0.05, 0) is 60.2 Å². The van der Waals surface area contributed by atoms with Crippen LogP contribution in [0.5, 0.6) is 5.75 Å². The molecule has 1 atom stereocenters. The molecule has 7 rings (SSSR count). The summed E-state index contributed by atoms with van der Waals surface area (Å²) in [6, 6.07) is 11.7. The van der Waals surface area contributed by atoms with Gasteiger partial charge >= 0.3 is 5.97 Å². The fourth-order valence-corrected chi connectivity index (χ4v) is 5.64. The first kappa shape index (κ1) is 25.4. The predicted octanol–water partition coefficient (Wildman–Crippen LogP) is 2.56. The number of aromatic nitrogens is 6. The smallest absolute Gasteiger partial charge is 0.335 e. The Morgan fingerprint density at radius 2 is 2.00 bits per heavy atom. The molecule has 1 aliphatic carbocycles. The molecular weight excluding hydrogens is 540 g/mol. The van der Waals surface area contributed by atoms with Gasteiger partial charge in [0.25, 0.3) is 11.8 Å². The molecule has 13 nitrogen and oxygen atoms in total. The first-order chi connectivity index (χ1) is 20.4. The third-order valence-electron chi connectivity index (χ3n) is 7.76. The molecule has 2 aromatic carbocycles. The highest BCUT2D eigenvalue weighted by Crippen LogP contribution is 2.35. The van der Waals surface area contributed by atoms with Crippen LogP contribution in [0.3, 0.4) is 0 Å². The van der Waals surface area contributed by atoms with E-state index in [1.165, 1.54) is 16.8 Å². The van der Waals surface area contributed by atoms with Gasteiger partial charge in [0, 0.05) is 18.7 Å². The molecule has 13 heteroatoms. The minimum Gasteiger partial charge on any atom is -0.483 e. The molecule has 0 fully saturated rings. The SMILES string of the molecule is Cc1c(C(=O)O)ccc2c1CC[C@@H]2NC(=O)c1cc(C(=O)NCc2ccc3c(c2)-n2cnnc2CO3)nc2ccnn12. The summed E-state index contributed by atoms with van der Waals surface area (Å²) < 4.78 is 8.96. The number of amides is 2. The average molecular weight is 565 g/mol. The molecule has 2 amide bonds. The molecule has 4 heterocycles. The van der Waals surface area contributed by atoms with Gasteiger partial charge in [-0.3, -0.25) is 14.2 Å². The standard InChI is InChI=1S/C29H24N8O5/c1-15-17-5-6-20(19(17)4-3-18(15)29(40)41)34-28(39)23-11-21(33-25-8-9-32-37(23)25)27(38)30-12-16-2-7-24-22(10-16)36-14-31-35-26(36)13-42-24/h2-4,7-11,14,20H,5-6,12-13H2,1H3,(H,30,38)(H,34,39)(H,40,41)/t20-/m0/s1.